The molecule has 2 aromatic rings. The number of pyridine rings is 1. The van der Waals surface area contributed by atoms with E-state index >= 15 is 0 Å². The Morgan fingerprint density at radius 1 is 1.23 bits per heavy atom. The summed E-state index contributed by atoms with van der Waals surface area (Å²) in [5.41, 5.74) is 5.11. The van der Waals surface area contributed by atoms with Gasteiger partial charge in [-0.3, -0.25) is 4.98 Å². The van der Waals surface area contributed by atoms with E-state index in [0.29, 0.717) is 6.04 Å². The fourth-order valence-corrected chi connectivity index (χ4v) is 3.70. The number of piperidine rings is 1. The van der Waals surface area contributed by atoms with Gasteiger partial charge in [-0.1, -0.05) is 0 Å². The van der Waals surface area contributed by atoms with E-state index in [2.05, 4.69) is 22.8 Å². The van der Waals surface area contributed by atoms with Crippen molar-refractivity contribution in [2.75, 3.05) is 25.5 Å². The van der Waals surface area contributed by atoms with Crippen LogP contribution in [0.2, 0.25) is 0 Å². The van der Waals surface area contributed by atoms with Crippen LogP contribution < -0.4 is 15.4 Å². The van der Waals surface area contributed by atoms with E-state index in [9.17, 15) is 0 Å². The molecule has 4 rings (SSSR count). The summed E-state index contributed by atoms with van der Waals surface area (Å²) in [6.07, 6.45) is 5.84. The van der Waals surface area contributed by atoms with Crippen LogP contribution in [-0.2, 0) is 12.8 Å². The van der Waals surface area contributed by atoms with Gasteiger partial charge < -0.3 is 15.4 Å². The molecule has 0 spiro atoms. The molecule has 0 unspecified atom stereocenters. The lowest BCUT2D eigenvalue weighted by molar-refractivity contribution is 0.415. The largest absolute Gasteiger partial charge is 0.497 e. The van der Waals surface area contributed by atoms with Gasteiger partial charge in [0.25, 0.3) is 0 Å². The molecule has 1 aliphatic heterocycles. The molecule has 22 heavy (non-hydrogen) atoms. The predicted octanol–water partition coefficient (Wildman–Crippen LogP) is 2.90. The Kier molecular flexibility index (Phi) is 3.62. The van der Waals surface area contributed by atoms with Crippen molar-refractivity contribution in [1.29, 1.82) is 0 Å². The number of anilines is 1. The van der Waals surface area contributed by atoms with Gasteiger partial charge in [0.1, 0.15) is 5.75 Å². The Labute approximate surface area is 131 Å². The summed E-state index contributed by atoms with van der Waals surface area (Å²) < 4.78 is 5.42. The molecule has 2 aliphatic rings. The molecule has 0 radical (unpaired) electrons. The summed E-state index contributed by atoms with van der Waals surface area (Å²) in [4.78, 5) is 4.88. The third-order valence-corrected chi connectivity index (χ3v) is 4.91. The topological polar surface area (TPSA) is 46.2 Å². The van der Waals surface area contributed by atoms with Crippen molar-refractivity contribution in [1.82, 2.24) is 10.3 Å². The lowest BCUT2D eigenvalue weighted by Crippen LogP contribution is -2.35. The lowest BCUT2D eigenvalue weighted by Gasteiger charge is -2.26. The number of rotatable bonds is 3. The number of benzene rings is 1. The van der Waals surface area contributed by atoms with Gasteiger partial charge in [-0.15, -0.1) is 0 Å². The molecule has 2 N–H and O–H groups in total. The second-order valence-corrected chi connectivity index (χ2v) is 6.32. The van der Waals surface area contributed by atoms with Crippen LogP contribution in [0.25, 0.3) is 10.9 Å². The van der Waals surface area contributed by atoms with E-state index in [-0.39, 0.29) is 0 Å². The van der Waals surface area contributed by atoms with Crippen molar-refractivity contribution in [3.05, 3.63) is 29.5 Å². The summed E-state index contributed by atoms with van der Waals surface area (Å²) in [7, 11) is 1.72. The lowest BCUT2D eigenvalue weighted by atomic mass is 10.0. The van der Waals surface area contributed by atoms with E-state index in [4.69, 9.17) is 9.72 Å². The van der Waals surface area contributed by atoms with Crippen molar-refractivity contribution in [3.8, 4) is 5.75 Å². The van der Waals surface area contributed by atoms with Crippen molar-refractivity contribution in [3.63, 3.8) is 0 Å². The van der Waals surface area contributed by atoms with Crippen LogP contribution >= 0.6 is 0 Å². The molecule has 116 valence electrons. The summed E-state index contributed by atoms with van der Waals surface area (Å²) >= 11 is 0. The number of methoxy groups -OCH3 is 1. The number of aromatic nitrogens is 1. The molecule has 2 heterocycles. The number of ether oxygens (including phenoxy) is 1. The highest BCUT2D eigenvalue weighted by Gasteiger charge is 2.22. The summed E-state index contributed by atoms with van der Waals surface area (Å²) in [6.45, 7) is 2.21. The van der Waals surface area contributed by atoms with E-state index in [1.807, 2.05) is 6.07 Å². The van der Waals surface area contributed by atoms with Crippen LogP contribution in [0.5, 0.6) is 5.75 Å². The van der Waals surface area contributed by atoms with Gasteiger partial charge in [-0.25, -0.2) is 0 Å². The molecular weight excluding hydrogens is 274 g/mol. The third-order valence-electron chi connectivity index (χ3n) is 4.91. The number of hydrogen-bond acceptors (Lipinski definition) is 4. The first-order valence-corrected chi connectivity index (χ1v) is 8.32. The normalized spacial score (nSPS) is 18.4. The maximum Gasteiger partial charge on any atom is 0.119 e. The molecular formula is C18H23N3O. The molecule has 1 aromatic carbocycles. The molecule has 0 atom stereocenters. The zero-order chi connectivity index (χ0) is 14.9. The van der Waals surface area contributed by atoms with E-state index in [1.165, 1.54) is 41.6 Å². The average molecular weight is 297 g/mol. The first-order valence-electron chi connectivity index (χ1n) is 8.32. The van der Waals surface area contributed by atoms with Gasteiger partial charge in [-0.2, -0.15) is 0 Å². The monoisotopic (exact) mass is 297 g/mol. The average Bonchev–Trinajstić information content (AvgIpc) is 3.03. The summed E-state index contributed by atoms with van der Waals surface area (Å²) in [5, 5.41) is 8.48. The Bertz CT molecular complexity index is 692. The smallest absolute Gasteiger partial charge is 0.119 e. The van der Waals surface area contributed by atoms with Crippen LogP contribution in [0.1, 0.15) is 30.5 Å². The van der Waals surface area contributed by atoms with Crippen molar-refractivity contribution >= 4 is 16.6 Å². The second-order valence-electron chi connectivity index (χ2n) is 6.32. The molecule has 1 fully saturated rings. The highest BCUT2D eigenvalue weighted by Crippen LogP contribution is 2.36. The Morgan fingerprint density at radius 2 is 2.09 bits per heavy atom. The molecule has 1 saturated heterocycles. The van der Waals surface area contributed by atoms with Crippen molar-refractivity contribution in [2.45, 2.75) is 38.1 Å². The van der Waals surface area contributed by atoms with Crippen LogP contribution in [0, 0.1) is 0 Å². The Morgan fingerprint density at radius 3 is 2.91 bits per heavy atom. The molecule has 4 nitrogen and oxygen atoms in total. The SMILES string of the molecule is COc1ccc2nc3c(c(NC4CCNCC4)c2c1)CCC3. The van der Waals surface area contributed by atoms with E-state index in [1.54, 1.807) is 7.11 Å². The molecule has 1 aliphatic carbocycles. The second kappa shape index (κ2) is 5.76. The third kappa shape index (κ3) is 2.41. The minimum atomic E-state index is 0.558. The zero-order valence-electron chi connectivity index (χ0n) is 13.1. The molecule has 0 saturated carbocycles. The van der Waals surface area contributed by atoms with Crippen LogP contribution in [0.4, 0.5) is 5.69 Å². The number of nitrogens with zero attached hydrogens (tertiary/aromatic N) is 1. The number of nitrogens with one attached hydrogen (secondary N) is 2. The van der Waals surface area contributed by atoms with Crippen LogP contribution in [0.3, 0.4) is 0 Å². The zero-order valence-corrected chi connectivity index (χ0v) is 13.1. The highest BCUT2D eigenvalue weighted by atomic mass is 16.5. The van der Waals surface area contributed by atoms with Gasteiger partial charge in [0, 0.05) is 22.8 Å². The van der Waals surface area contributed by atoms with Gasteiger partial charge in [0.2, 0.25) is 0 Å². The highest BCUT2D eigenvalue weighted by molar-refractivity contribution is 5.94. The van der Waals surface area contributed by atoms with Gasteiger partial charge in [-0.05, 0) is 69.0 Å². The quantitative estimate of drug-likeness (QED) is 0.914. The van der Waals surface area contributed by atoms with Crippen molar-refractivity contribution in [2.24, 2.45) is 0 Å². The van der Waals surface area contributed by atoms with Crippen molar-refractivity contribution < 1.29 is 4.74 Å². The van der Waals surface area contributed by atoms with Gasteiger partial charge in [0.15, 0.2) is 0 Å². The first-order chi connectivity index (χ1) is 10.8. The first kappa shape index (κ1) is 13.8. The predicted molar refractivity (Wildman–Crippen MR) is 89.8 cm³/mol. The fourth-order valence-electron chi connectivity index (χ4n) is 3.70. The molecule has 0 amide bonds. The number of fused-ring (bicyclic) bond motifs is 2. The maximum atomic E-state index is 5.42. The number of hydrogen-bond donors (Lipinski definition) is 2. The minimum Gasteiger partial charge on any atom is -0.497 e. The standard InChI is InChI=1S/C18H23N3O/c1-22-13-5-6-17-15(11-13)18(14-3-2-4-16(14)21-17)20-12-7-9-19-10-8-12/h5-6,11-12,19H,2-4,7-10H2,1H3,(H,20,21). The van der Waals surface area contributed by atoms with Crippen LogP contribution in [-0.4, -0.2) is 31.2 Å². The fraction of sp³-hybridized carbons (Fsp3) is 0.500. The van der Waals surface area contributed by atoms with Gasteiger partial charge in [0.05, 0.1) is 12.6 Å². The molecule has 1 aromatic heterocycles. The summed E-state index contributed by atoms with van der Waals surface area (Å²) in [6, 6.07) is 6.78. The maximum absolute atomic E-state index is 5.42. The minimum absolute atomic E-state index is 0.558. The number of aryl methyl sites for hydroxylation is 1. The van der Waals surface area contributed by atoms with E-state index < -0.39 is 0 Å². The van der Waals surface area contributed by atoms with Gasteiger partial charge >= 0.3 is 0 Å². The molecule has 4 heteroatoms. The van der Waals surface area contributed by atoms with E-state index in [0.717, 1.165) is 37.2 Å². The Hall–Kier alpha value is -1.81. The summed E-state index contributed by atoms with van der Waals surface area (Å²) in [5.74, 6) is 0.903. The van der Waals surface area contributed by atoms with Crippen LogP contribution in [0.15, 0.2) is 18.2 Å². The Balaban J connectivity index is 1.81. The molecule has 0 bridgehead atoms.